The van der Waals surface area contributed by atoms with Crippen LogP contribution in [-0.2, 0) is 4.79 Å². The van der Waals surface area contributed by atoms with Crippen LogP contribution in [0.2, 0.25) is 0 Å². The van der Waals surface area contributed by atoms with Gasteiger partial charge in [0, 0.05) is 43.2 Å². The number of likely N-dealkylation sites (tertiary alicyclic amines) is 1. The van der Waals surface area contributed by atoms with Crippen molar-refractivity contribution in [3.8, 4) is 0 Å². The zero-order chi connectivity index (χ0) is 21.8. The zero-order valence-corrected chi connectivity index (χ0v) is 16.8. The van der Waals surface area contributed by atoms with Gasteiger partial charge in [0.25, 0.3) is 5.91 Å². The van der Waals surface area contributed by atoms with Crippen LogP contribution < -0.4 is 4.90 Å². The van der Waals surface area contributed by atoms with E-state index >= 15 is 0 Å². The first-order valence-electron chi connectivity index (χ1n) is 9.34. The first-order chi connectivity index (χ1) is 14.2. The largest absolute Gasteiger partial charge is 0.490 e. The smallest absolute Gasteiger partial charge is 0.475 e. The molecule has 0 radical (unpaired) electrons. The van der Waals surface area contributed by atoms with Crippen molar-refractivity contribution in [2.75, 3.05) is 31.1 Å². The maximum absolute atomic E-state index is 12.5. The number of piperidine rings is 1. The molecule has 1 N–H and O–H groups in total. The van der Waals surface area contributed by atoms with E-state index in [-0.39, 0.29) is 11.3 Å². The molecule has 0 aromatic carbocycles. The number of carbonyl (C=O) groups is 2. The number of hydrogen-bond acceptors (Lipinski definition) is 6. The number of pyridine rings is 1. The molecule has 30 heavy (non-hydrogen) atoms. The quantitative estimate of drug-likeness (QED) is 0.768. The normalized spacial score (nSPS) is 21.3. The Kier molecular flexibility index (Phi) is 6.59. The minimum absolute atomic E-state index is 0.0816. The van der Waals surface area contributed by atoms with Gasteiger partial charge in [-0.25, -0.2) is 14.8 Å². The lowest BCUT2D eigenvalue weighted by molar-refractivity contribution is -0.192. The summed E-state index contributed by atoms with van der Waals surface area (Å²) in [6, 6.07) is 6.07. The van der Waals surface area contributed by atoms with Crippen molar-refractivity contribution in [3.63, 3.8) is 0 Å². The molecular weight excluding hydrogens is 421 g/mol. The Labute approximate surface area is 175 Å². The van der Waals surface area contributed by atoms with Crippen molar-refractivity contribution < 1.29 is 27.9 Å². The Morgan fingerprint density at radius 1 is 1.13 bits per heavy atom. The van der Waals surface area contributed by atoms with E-state index in [1.165, 1.54) is 17.8 Å². The molecule has 2 aromatic rings. The number of nitrogens with zero attached hydrogens (tertiary/aromatic N) is 4. The molecule has 1 spiro atoms. The summed E-state index contributed by atoms with van der Waals surface area (Å²) in [5.41, 5.74) is 2.52. The molecule has 4 heterocycles. The van der Waals surface area contributed by atoms with Crippen molar-refractivity contribution in [3.05, 3.63) is 41.0 Å². The fourth-order valence-electron chi connectivity index (χ4n) is 3.87. The zero-order valence-electron chi connectivity index (χ0n) is 16.0. The van der Waals surface area contributed by atoms with Crippen molar-refractivity contribution in [1.29, 1.82) is 0 Å². The van der Waals surface area contributed by atoms with Crippen LogP contribution in [0.15, 0.2) is 35.3 Å². The second-order valence-corrected chi connectivity index (χ2v) is 8.09. The van der Waals surface area contributed by atoms with Crippen LogP contribution in [0.4, 0.5) is 19.0 Å². The molecule has 2 aromatic heterocycles. The highest BCUT2D eigenvalue weighted by molar-refractivity contribution is 7.07. The predicted octanol–water partition coefficient (Wildman–Crippen LogP) is 3.30. The molecule has 2 aliphatic heterocycles. The highest BCUT2D eigenvalue weighted by Crippen LogP contribution is 2.40. The lowest BCUT2D eigenvalue weighted by atomic mass is 9.79. The Hall–Kier alpha value is -2.69. The van der Waals surface area contributed by atoms with E-state index in [0.29, 0.717) is 5.69 Å². The van der Waals surface area contributed by atoms with Gasteiger partial charge in [-0.2, -0.15) is 13.2 Å². The van der Waals surface area contributed by atoms with E-state index in [2.05, 4.69) is 20.9 Å². The SMILES string of the molecule is O=C(O)C(F)(F)F.O=C(c1cscn1)N1CCC2(CCCN(c3ccccn3)C2)C1. The molecule has 1 amide bonds. The van der Waals surface area contributed by atoms with Gasteiger partial charge in [0.15, 0.2) is 0 Å². The van der Waals surface area contributed by atoms with Crippen molar-refractivity contribution in [2.24, 2.45) is 5.41 Å². The molecule has 4 rings (SSSR count). The number of halogens is 3. The van der Waals surface area contributed by atoms with Crippen molar-refractivity contribution in [1.82, 2.24) is 14.9 Å². The Morgan fingerprint density at radius 3 is 2.50 bits per heavy atom. The Bertz CT molecular complexity index is 864. The van der Waals surface area contributed by atoms with Gasteiger partial charge in [-0.1, -0.05) is 6.07 Å². The summed E-state index contributed by atoms with van der Waals surface area (Å²) in [5.74, 6) is -1.62. The first-order valence-corrected chi connectivity index (χ1v) is 10.3. The minimum Gasteiger partial charge on any atom is -0.475 e. The Morgan fingerprint density at radius 2 is 1.90 bits per heavy atom. The van der Waals surface area contributed by atoms with E-state index in [4.69, 9.17) is 9.90 Å². The number of alkyl halides is 3. The lowest BCUT2D eigenvalue weighted by Crippen LogP contribution is -2.45. The third-order valence-corrected chi connectivity index (χ3v) is 5.84. The Balaban J connectivity index is 0.000000318. The fourth-order valence-corrected chi connectivity index (χ4v) is 4.39. The molecule has 7 nitrogen and oxygen atoms in total. The van der Waals surface area contributed by atoms with E-state index in [9.17, 15) is 18.0 Å². The molecule has 0 saturated carbocycles. The summed E-state index contributed by atoms with van der Waals surface area (Å²) in [5, 5.41) is 8.97. The molecule has 2 saturated heterocycles. The number of rotatable bonds is 2. The number of carbonyl (C=O) groups excluding carboxylic acids is 1. The molecule has 2 fully saturated rings. The number of aromatic nitrogens is 2. The summed E-state index contributed by atoms with van der Waals surface area (Å²) >= 11 is 1.48. The maximum Gasteiger partial charge on any atom is 0.490 e. The summed E-state index contributed by atoms with van der Waals surface area (Å²) in [6.07, 6.45) is 0.196. The van der Waals surface area contributed by atoms with Crippen LogP contribution in [-0.4, -0.2) is 64.2 Å². The number of aliphatic carboxylic acids is 1. The standard InChI is InChI=1S/C17H20N4OS.C2HF3O2/c22-16(14-10-23-13-19-14)21-9-6-17(12-21)5-3-8-20(11-17)15-4-1-2-7-18-15;3-2(4,5)1(6)7/h1-2,4,7,10,13H,3,5-6,8-9,11-12H2;(H,6,7). The number of anilines is 1. The van der Waals surface area contributed by atoms with Crippen LogP contribution in [0, 0.1) is 5.41 Å². The summed E-state index contributed by atoms with van der Waals surface area (Å²) < 4.78 is 31.7. The van der Waals surface area contributed by atoms with Gasteiger partial charge in [-0.3, -0.25) is 4.79 Å². The van der Waals surface area contributed by atoms with Crippen LogP contribution >= 0.6 is 11.3 Å². The van der Waals surface area contributed by atoms with Crippen LogP contribution in [0.1, 0.15) is 29.8 Å². The number of carboxylic acids is 1. The summed E-state index contributed by atoms with van der Waals surface area (Å²) in [7, 11) is 0. The van der Waals surface area contributed by atoms with E-state index in [0.717, 1.165) is 44.8 Å². The number of carboxylic acid groups (broad SMARTS) is 1. The topological polar surface area (TPSA) is 86.6 Å². The third-order valence-electron chi connectivity index (χ3n) is 5.25. The van der Waals surface area contributed by atoms with E-state index in [1.807, 2.05) is 28.6 Å². The van der Waals surface area contributed by atoms with Gasteiger partial charge in [0.05, 0.1) is 5.51 Å². The molecule has 0 aliphatic carbocycles. The monoisotopic (exact) mass is 442 g/mol. The molecule has 2 aliphatic rings. The van der Waals surface area contributed by atoms with Gasteiger partial charge in [-0.15, -0.1) is 11.3 Å². The number of amides is 1. The number of hydrogen-bond donors (Lipinski definition) is 1. The van der Waals surface area contributed by atoms with Gasteiger partial charge in [0.1, 0.15) is 11.5 Å². The highest BCUT2D eigenvalue weighted by Gasteiger charge is 2.43. The molecule has 0 bridgehead atoms. The molecular formula is C19H21F3N4O3S. The fraction of sp³-hybridized carbons (Fsp3) is 0.474. The van der Waals surface area contributed by atoms with E-state index < -0.39 is 12.1 Å². The van der Waals surface area contributed by atoms with Crippen molar-refractivity contribution in [2.45, 2.75) is 25.4 Å². The van der Waals surface area contributed by atoms with Gasteiger partial charge in [0.2, 0.25) is 0 Å². The highest BCUT2D eigenvalue weighted by atomic mass is 32.1. The molecule has 162 valence electrons. The first kappa shape index (κ1) is 22.0. The van der Waals surface area contributed by atoms with Gasteiger partial charge in [-0.05, 0) is 31.4 Å². The van der Waals surface area contributed by atoms with Crippen LogP contribution in [0.3, 0.4) is 0 Å². The van der Waals surface area contributed by atoms with Gasteiger partial charge < -0.3 is 14.9 Å². The average molecular weight is 442 g/mol. The molecule has 1 atom stereocenters. The van der Waals surface area contributed by atoms with Crippen molar-refractivity contribution >= 4 is 29.0 Å². The number of thiazole rings is 1. The minimum atomic E-state index is -5.08. The summed E-state index contributed by atoms with van der Waals surface area (Å²) in [4.78, 5) is 34.4. The summed E-state index contributed by atoms with van der Waals surface area (Å²) in [6.45, 7) is 3.72. The maximum atomic E-state index is 12.5. The second kappa shape index (κ2) is 8.99. The van der Waals surface area contributed by atoms with Crippen LogP contribution in [0.5, 0.6) is 0 Å². The lowest BCUT2D eigenvalue weighted by Gasteiger charge is -2.41. The van der Waals surface area contributed by atoms with Gasteiger partial charge >= 0.3 is 12.1 Å². The predicted molar refractivity (Wildman–Crippen MR) is 104 cm³/mol. The molecule has 11 heteroatoms. The van der Waals surface area contributed by atoms with Crippen LogP contribution in [0.25, 0.3) is 0 Å². The molecule has 1 unspecified atom stereocenters. The second-order valence-electron chi connectivity index (χ2n) is 7.37. The average Bonchev–Trinajstić information content (AvgIpc) is 3.39. The van der Waals surface area contributed by atoms with E-state index in [1.54, 1.807) is 5.51 Å². The third kappa shape index (κ3) is 5.26.